The Morgan fingerprint density at radius 3 is 2.71 bits per heavy atom. The standard InChI is InChI=1S/C23H28ClN5OS/c1-15-19-13-17(26-22(30)7-4-16-12-21(24)31-14-16)5-6-20(19)27-23(25-15)29-10-8-18(9-11-29)28(2)3/h5-6,12-14,18H,4,7-11H2,1-3H3,(H,26,30). The molecule has 3 aromatic rings. The fourth-order valence-electron chi connectivity index (χ4n) is 4.03. The van der Waals surface area contributed by atoms with Gasteiger partial charge < -0.3 is 15.1 Å². The van der Waals surface area contributed by atoms with Crippen LogP contribution in [0.4, 0.5) is 11.6 Å². The van der Waals surface area contributed by atoms with E-state index in [0.717, 1.165) is 64.1 Å². The number of thiophene rings is 1. The van der Waals surface area contributed by atoms with Crippen LogP contribution in [0, 0.1) is 6.92 Å². The second-order valence-corrected chi connectivity index (χ2v) is 9.87. The summed E-state index contributed by atoms with van der Waals surface area (Å²) in [6.45, 7) is 3.94. The number of nitrogens with one attached hydrogen (secondary N) is 1. The molecule has 4 rings (SSSR count). The summed E-state index contributed by atoms with van der Waals surface area (Å²) < 4.78 is 0.752. The molecule has 2 aromatic heterocycles. The molecule has 1 aliphatic rings. The summed E-state index contributed by atoms with van der Waals surface area (Å²) in [4.78, 5) is 26.5. The van der Waals surface area contributed by atoms with Gasteiger partial charge in [-0.1, -0.05) is 11.6 Å². The van der Waals surface area contributed by atoms with Crippen LogP contribution in [0.2, 0.25) is 4.34 Å². The molecule has 164 valence electrons. The van der Waals surface area contributed by atoms with Gasteiger partial charge in [0, 0.05) is 36.6 Å². The molecule has 1 N–H and O–H groups in total. The molecule has 0 saturated carbocycles. The third-order valence-corrected chi connectivity index (χ3v) is 7.04. The van der Waals surface area contributed by atoms with E-state index in [1.165, 1.54) is 11.3 Å². The molecule has 0 spiro atoms. The molecule has 8 heteroatoms. The van der Waals surface area contributed by atoms with Gasteiger partial charge in [0.25, 0.3) is 0 Å². The Balaban J connectivity index is 1.42. The van der Waals surface area contributed by atoms with Crippen LogP contribution in [0.5, 0.6) is 0 Å². The smallest absolute Gasteiger partial charge is 0.226 e. The van der Waals surface area contributed by atoms with E-state index in [-0.39, 0.29) is 5.91 Å². The number of hydrogen-bond donors (Lipinski definition) is 1. The quantitative estimate of drug-likeness (QED) is 0.578. The summed E-state index contributed by atoms with van der Waals surface area (Å²) in [6, 6.07) is 8.38. The first-order valence-corrected chi connectivity index (χ1v) is 11.9. The molecule has 1 amide bonds. The van der Waals surface area contributed by atoms with Gasteiger partial charge in [-0.2, -0.15) is 0 Å². The largest absolute Gasteiger partial charge is 0.341 e. The van der Waals surface area contributed by atoms with Gasteiger partial charge in [0.2, 0.25) is 11.9 Å². The molecule has 6 nitrogen and oxygen atoms in total. The first kappa shape index (κ1) is 22.0. The van der Waals surface area contributed by atoms with Crippen molar-refractivity contribution in [3.05, 3.63) is 45.2 Å². The second-order valence-electron chi connectivity index (χ2n) is 8.33. The van der Waals surface area contributed by atoms with Crippen molar-refractivity contribution in [2.75, 3.05) is 37.4 Å². The number of fused-ring (bicyclic) bond motifs is 1. The molecule has 0 bridgehead atoms. The van der Waals surface area contributed by atoms with E-state index in [0.29, 0.717) is 18.9 Å². The molecule has 1 aromatic carbocycles. The van der Waals surface area contributed by atoms with Crippen molar-refractivity contribution in [2.24, 2.45) is 0 Å². The van der Waals surface area contributed by atoms with Crippen LogP contribution < -0.4 is 10.2 Å². The number of rotatable bonds is 6. The molecule has 1 saturated heterocycles. The minimum Gasteiger partial charge on any atom is -0.341 e. The third-order valence-electron chi connectivity index (χ3n) is 5.90. The molecule has 31 heavy (non-hydrogen) atoms. The zero-order chi connectivity index (χ0) is 22.0. The zero-order valence-corrected chi connectivity index (χ0v) is 19.8. The maximum absolute atomic E-state index is 12.4. The van der Waals surface area contributed by atoms with Crippen molar-refractivity contribution in [1.82, 2.24) is 14.9 Å². The number of amides is 1. The molecular formula is C23H28ClN5OS. The average Bonchev–Trinajstić information content (AvgIpc) is 3.18. The number of halogens is 1. The number of aryl methyl sites for hydroxylation is 2. The van der Waals surface area contributed by atoms with Gasteiger partial charge in [-0.25, -0.2) is 9.97 Å². The molecule has 0 aliphatic carbocycles. The summed E-state index contributed by atoms with van der Waals surface area (Å²) in [7, 11) is 4.29. The highest BCUT2D eigenvalue weighted by Gasteiger charge is 2.22. The molecule has 3 heterocycles. The lowest BCUT2D eigenvalue weighted by Crippen LogP contribution is -2.42. The van der Waals surface area contributed by atoms with Gasteiger partial charge in [0.05, 0.1) is 15.5 Å². The van der Waals surface area contributed by atoms with E-state index in [1.54, 1.807) is 0 Å². The summed E-state index contributed by atoms with van der Waals surface area (Å²) in [5, 5.41) is 5.95. The lowest BCUT2D eigenvalue weighted by atomic mass is 10.0. The normalized spacial score (nSPS) is 15.1. The van der Waals surface area contributed by atoms with Crippen LogP contribution in [0.1, 0.15) is 30.5 Å². The number of carbonyl (C=O) groups is 1. The minimum absolute atomic E-state index is 0.0133. The molecular weight excluding hydrogens is 430 g/mol. The first-order chi connectivity index (χ1) is 14.9. The topological polar surface area (TPSA) is 61.4 Å². The van der Waals surface area contributed by atoms with Gasteiger partial charge in [0.1, 0.15) is 0 Å². The van der Waals surface area contributed by atoms with Crippen LogP contribution in [-0.4, -0.2) is 54.0 Å². The Labute approximate surface area is 192 Å². The highest BCUT2D eigenvalue weighted by atomic mass is 35.5. The van der Waals surface area contributed by atoms with E-state index >= 15 is 0 Å². The molecule has 0 atom stereocenters. The highest BCUT2D eigenvalue weighted by Crippen LogP contribution is 2.25. The van der Waals surface area contributed by atoms with Crippen LogP contribution in [0.3, 0.4) is 0 Å². The highest BCUT2D eigenvalue weighted by molar-refractivity contribution is 7.14. The number of carbonyl (C=O) groups excluding carboxylic acids is 1. The summed E-state index contributed by atoms with van der Waals surface area (Å²) in [6.07, 6.45) is 3.34. The number of hydrogen-bond acceptors (Lipinski definition) is 6. The van der Waals surface area contributed by atoms with Gasteiger partial charge in [0.15, 0.2) is 0 Å². The van der Waals surface area contributed by atoms with Crippen molar-refractivity contribution in [1.29, 1.82) is 0 Å². The lowest BCUT2D eigenvalue weighted by Gasteiger charge is -2.35. The lowest BCUT2D eigenvalue weighted by molar-refractivity contribution is -0.116. The molecule has 0 radical (unpaired) electrons. The monoisotopic (exact) mass is 457 g/mol. The summed E-state index contributed by atoms with van der Waals surface area (Å²) in [5.41, 5.74) is 3.70. The van der Waals surface area contributed by atoms with Gasteiger partial charge in [-0.3, -0.25) is 4.79 Å². The fourth-order valence-corrected chi connectivity index (χ4v) is 4.97. The van der Waals surface area contributed by atoms with Crippen molar-refractivity contribution in [3.8, 4) is 0 Å². The maximum atomic E-state index is 12.4. The van der Waals surface area contributed by atoms with E-state index in [9.17, 15) is 4.79 Å². The predicted octanol–water partition coefficient (Wildman–Crippen LogP) is 4.75. The summed E-state index contributed by atoms with van der Waals surface area (Å²) in [5.74, 6) is 0.786. The first-order valence-electron chi connectivity index (χ1n) is 10.6. The Bertz CT molecular complexity index is 1080. The van der Waals surface area contributed by atoms with E-state index in [2.05, 4.69) is 29.2 Å². The second kappa shape index (κ2) is 9.51. The fraction of sp³-hybridized carbons (Fsp3) is 0.435. The van der Waals surface area contributed by atoms with Crippen LogP contribution in [-0.2, 0) is 11.2 Å². The number of piperidine rings is 1. The van der Waals surface area contributed by atoms with Gasteiger partial charge in [-0.05, 0) is 75.5 Å². The van der Waals surface area contributed by atoms with Crippen molar-refractivity contribution in [3.63, 3.8) is 0 Å². The maximum Gasteiger partial charge on any atom is 0.226 e. The number of benzene rings is 1. The Kier molecular flexibility index (Phi) is 6.74. The van der Waals surface area contributed by atoms with Crippen molar-refractivity contribution >= 4 is 51.4 Å². The van der Waals surface area contributed by atoms with Gasteiger partial charge in [-0.15, -0.1) is 11.3 Å². The van der Waals surface area contributed by atoms with Crippen LogP contribution >= 0.6 is 22.9 Å². The third kappa shape index (κ3) is 5.34. The number of anilines is 2. The SMILES string of the molecule is Cc1nc(N2CCC(N(C)C)CC2)nc2ccc(NC(=O)CCc3csc(Cl)c3)cc12. The Morgan fingerprint density at radius 1 is 1.26 bits per heavy atom. The minimum atomic E-state index is -0.0133. The molecule has 1 aliphatic heterocycles. The number of nitrogens with zero attached hydrogens (tertiary/aromatic N) is 4. The van der Waals surface area contributed by atoms with E-state index in [4.69, 9.17) is 21.6 Å². The Hall–Kier alpha value is -2.22. The van der Waals surface area contributed by atoms with Crippen molar-refractivity contribution < 1.29 is 4.79 Å². The molecule has 0 unspecified atom stereocenters. The molecule has 1 fully saturated rings. The van der Waals surface area contributed by atoms with E-state index in [1.807, 2.05) is 36.6 Å². The van der Waals surface area contributed by atoms with Crippen LogP contribution in [0.25, 0.3) is 10.9 Å². The van der Waals surface area contributed by atoms with Crippen LogP contribution in [0.15, 0.2) is 29.6 Å². The summed E-state index contributed by atoms with van der Waals surface area (Å²) >= 11 is 7.45. The average molecular weight is 458 g/mol. The van der Waals surface area contributed by atoms with E-state index < -0.39 is 0 Å². The predicted molar refractivity (Wildman–Crippen MR) is 129 cm³/mol. The van der Waals surface area contributed by atoms with Gasteiger partial charge >= 0.3 is 0 Å². The number of aromatic nitrogens is 2. The zero-order valence-electron chi connectivity index (χ0n) is 18.2. The Morgan fingerprint density at radius 2 is 2.03 bits per heavy atom. The van der Waals surface area contributed by atoms with Crippen molar-refractivity contribution in [2.45, 2.75) is 38.6 Å².